The predicted molar refractivity (Wildman–Crippen MR) is 140 cm³/mol. The Hall–Kier alpha value is 1.17. The van der Waals surface area contributed by atoms with E-state index in [9.17, 15) is 4.79 Å². The highest BCUT2D eigenvalue weighted by molar-refractivity contribution is 14.1. The van der Waals surface area contributed by atoms with Crippen LogP contribution < -0.4 is 4.74 Å². The zero-order valence-electron chi connectivity index (χ0n) is 13.4. The molecule has 26 heavy (non-hydrogen) atoms. The SMILES string of the molecule is O=C(O)Cc1cc(I)c(OC2=CC(I)=C(OCCCBr)[C@@H](I)C2)c(I)c1. The van der Waals surface area contributed by atoms with Crippen LogP contribution in [0.3, 0.4) is 0 Å². The molecule has 1 aromatic carbocycles. The van der Waals surface area contributed by atoms with Crippen LogP contribution in [0.15, 0.2) is 33.3 Å². The third-order valence-electron chi connectivity index (χ3n) is 3.37. The van der Waals surface area contributed by atoms with E-state index < -0.39 is 5.97 Å². The van der Waals surface area contributed by atoms with Crippen molar-refractivity contribution in [1.29, 1.82) is 0 Å². The number of carboxylic acids is 1. The third-order valence-corrected chi connectivity index (χ3v) is 7.38. The standard InChI is InChI=1S/C17H15BrI4O4/c18-2-1-3-25-16-13(21)7-10(8-14(16)22)26-17-11(19)4-9(5-12(17)20)6-15(23)24/h4-5,7,14H,1-3,6,8H2,(H,23,24)/t14-/m0/s1. The number of carboxylic acid groups (broad SMARTS) is 1. The second kappa shape index (κ2) is 11.4. The summed E-state index contributed by atoms with van der Waals surface area (Å²) < 4.78 is 15.2. The van der Waals surface area contributed by atoms with Crippen LogP contribution in [0.5, 0.6) is 5.75 Å². The number of hydrogen-bond donors (Lipinski definition) is 1. The van der Waals surface area contributed by atoms with Gasteiger partial charge in [-0.15, -0.1) is 0 Å². The number of alkyl halides is 2. The molecule has 0 heterocycles. The lowest BCUT2D eigenvalue weighted by Gasteiger charge is -2.24. The van der Waals surface area contributed by atoms with Gasteiger partial charge in [-0.3, -0.25) is 4.79 Å². The second-order valence-electron chi connectivity index (χ2n) is 5.45. The van der Waals surface area contributed by atoms with Crippen LogP contribution >= 0.6 is 106 Å². The normalized spacial score (nSPS) is 17.1. The Balaban J connectivity index is 2.18. The monoisotopic (exact) mass is 870 g/mol. The fraction of sp³-hybridized carbons (Fsp3) is 0.353. The summed E-state index contributed by atoms with van der Waals surface area (Å²) in [6, 6.07) is 3.74. The van der Waals surface area contributed by atoms with Crippen LogP contribution in [-0.2, 0) is 16.0 Å². The minimum absolute atomic E-state index is 0.0144. The number of benzene rings is 1. The summed E-state index contributed by atoms with van der Waals surface area (Å²) in [5, 5.41) is 9.91. The Bertz CT molecular complexity index is 725. The number of rotatable bonds is 8. The quantitative estimate of drug-likeness (QED) is 0.186. The van der Waals surface area contributed by atoms with Crippen molar-refractivity contribution in [3.05, 3.63) is 46.0 Å². The molecular formula is C17H15BrI4O4. The van der Waals surface area contributed by atoms with Crippen LogP contribution in [-0.4, -0.2) is 26.9 Å². The maximum atomic E-state index is 10.9. The van der Waals surface area contributed by atoms with Gasteiger partial charge < -0.3 is 14.6 Å². The summed E-state index contributed by atoms with van der Waals surface area (Å²) in [7, 11) is 0. The van der Waals surface area contributed by atoms with Crippen molar-refractivity contribution in [3.63, 3.8) is 0 Å². The zero-order valence-corrected chi connectivity index (χ0v) is 23.6. The topological polar surface area (TPSA) is 55.8 Å². The summed E-state index contributed by atoms with van der Waals surface area (Å²) >= 11 is 12.5. The maximum Gasteiger partial charge on any atom is 0.307 e. The van der Waals surface area contributed by atoms with E-state index in [-0.39, 0.29) is 10.3 Å². The van der Waals surface area contributed by atoms with E-state index in [4.69, 9.17) is 14.6 Å². The molecule has 1 aliphatic carbocycles. The van der Waals surface area contributed by atoms with Gasteiger partial charge in [-0.25, -0.2) is 0 Å². The van der Waals surface area contributed by atoms with E-state index in [1.807, 2.05) is 18.2 Å². The van der Waals surface area contributed by atoms with Crippen LogP contribution in [0.25, 0.3) is 0 Å². The lowest BCUT2D eigenvalue weighted by molar-refractivity contribution is -0.136. The van der Waals surface area contributed by atoms with Gasteiger partial charge in [0, 0.05) is 11.8 Å². The second-order valence-corrected chi connectivity index (χ2v) is 11.2. The van der Waals surface area contributed by atoms with E-state index in [2.05, 4.69) is 106 Å². The molecule has 142 valence electrons. The summed E-state index contributed by atoms with van der Waals surface area (Å²) in [6.07, 6.45) is 3.78. The van der Waals surface area contributed by atoms with Gasteiger partial charge in [0.2, 0.25) is 0 Å². The number of ether oxygens (including phenoxy) is 2. The van der Waals surface area contributed by atoms with Crippen molar-refractivity contribution in [2.45, 2.75) is 23.2 Å². The van der Waals surface area contributed by atoms with Crippen molar-refractivity contribution in [2.24, 2.45) is 0 Å². The van der Waals surface area contributed by atoms with E-state index in [0.29, 0.717) is 6.61 Å². The van der Waals surface area contributed by atoms with Gasteiger partial charge in [-0.05, 0) is 98.0 Å². The maximum absolute atomic E-state index is 10.9. The molecule has 0 radical (unpaired) electrons. The average Bonchev–Trinajstić information content (AvgIpc) is 2.53. The lowest BCUT2D eigenvalue weighted by Crippen LogP contribution is -2.16. The van der Waals surface area contributed by atoms with Crippen molar-refractivity contribution in [3.8, 4) is 5.75 Å². The van der Waals surface area contributed by atoms with E-state index in [1.165, 1.54) is 0 Å². The first kappa shape index (κ1) is 23.4. The number of hydrogen-bond acceptors (Lipinski definition) is 3. The fourth-order valence-corrected chi connectivity index (χ4v) is 7.05. The molecule has 0 fully saturated rings. The van der Waals surface area contributed by atoms with Crippen LogP contribution in [0.4, 0.5) is 0 Å². The molecule has 0 aromatic heterocycles. The average molecular weight is 871 g/mol. The molecule has 0 bridgehead atoms. The van der Waals surface area contributed by atoms with Crippen molar-refractivity contribution in [1.82, 2.24) is 0 Å². The molecule has 1 aliphatic rings. The molecule has 0 saturated carbocycles. The summed E-state index contributed by atoms with van der Waals surface area (Å²) in [4.78, 5) is 10.9. The van der Waals surface area contributed by atoms with Gasteiger partial charge in [0.05, 0.1) is 27.7 Å². The van der Waals surface area contributed by atoms with Crippen LogP contribution in [0.1, 0.15) is 18.4 Å². The van der Waals surface area contributed by atoms with Gasteiger partial charge in [-0.1, -0.05) is 38.5 Å². The molecule has 9 heteroatoms. The summed E-state index contributed by atoms with van der Waals surface area (Å²) in [5.41, 5.74) is 0.778. The molecule has 0 saturated heterocycles. The Morgan fingerprint density at radius 1 is 1.27 bits per heavy atom. The van der Waals surface area contributed by atoms with Crippen LogP contribution in [0, 0.1) is 7.14 Å². The predicted octanol–water partition coefficient (Wildman–Crippen LogP) is 6.44. The Morgan fingerprint density at radius 3 is 2.46 bits per heavy atom. The molecular weight excluding hydrogens is 856 g/mol. The van der Waals surface area contributed by atoms with Gasteiger partial charge in [0.25, 0.3) is 0 Å². The van der Waals surface area contributed by atoms with Crippen molar-refractivity contribution in [2.75, 3.05) is 11.9 Å². The van der Waals surface area contributed by atoms with E-state index >= 15 is 0 Å². The smallest absolute Gasteiger partial charge is 0.307 e. The van der Waals surface area contributed by atoms with Gasteiger partial charge in [0.1, 0.15) is 11.5 Å². The minimum Gasteiger partial charge on any atom is -0.496 e. The largest absolute Gasteiger partial charge is 0.496 e. The summed E-state index contributed by atoms with van der Waals surface area (Å²) in [6.45, 7) is 0.706. The van der Waals surface area contributed by atoms with Gasteiger partial charge in [-0.2, -0.15) is 0 Å². The molecule has 1 atom stereocenters. The Labute approximate surface area is 215 Å². The molecule has 0 aliphatic heterocycles. The lowest BCUT2D eigenvalue weighted by atomic mass is 10.1. The number of aliphatic carboxylic acids is 1. The van der Waals surface area contributed by atoms with E-state index in [0.717, 1.165) is 51.7 Å². The molecule has 0 unspecified atom stereocenters. The molecule has 2 rings (SSSR count). The van der Waals surface area contributed by atoms with Gasteiger partial charge >= 0.3 is 5.97 Å². The van der Waals surface area contributed by atoms with Crippen molar-refractivity contribution < 1.29 is 19.4 Å². The number of halogens is 5. The first-order valence-electron chi connectivity index (χ1n) is 7.62. The first-order valence-corrected chi connectivity index (χ1v) is 13.2. The minimum atomic E-state index is -0.833. The highest BCUT2D eigenvalue weighted by atomic mass is 127. The number of allylic oxidation sites excluding steroid dienone is 4. The fourth-order valence-electron chi connectivity index (χ4n) is 2.28. The zero-order chi connectivity index (χ0) is 19.3. The number of carbonyl (C=O) groups is 1. The highest BCUT2D eigenvalue weighted by Crippen LogP contribution is 2.37. The van der Waals surface area contributed by atoms with Gasteiger partial charge in [0.15, 0.2) is 5.75 Å². The summed E-state index contributed by atoms with van der Waals surface area (Å²) in [5.74, 6) is 1.85. The molecule has 0 spiro atoms. The molecule has 4 nitrogen and oxygen atoms in total. The molecule has 1 N–H and O–H groups in total. The van der Waals surface area contributed by atoms with Crippen LogP contribution in [0.2, 0.25) is 0 Å². The molecule has 0 amide bonds. The third kappa shape index (κ3) is 6.90. The van der Waals surface area contributed by atoms with Crippen molar-refractivity contribution >= 4 is 112 Å². The highest BCUT2D eigenvalue weighted by Gasteiger charge is 2.24. The Morgan fingerprint density at radius 2 is 1.92 bits per heavy atom. The first-order chi connectivity index (χ1) is 12.3. The van der Waals surface area contributed by atoms with E-state index in [1.54, 1.807) is 0 Å². The Kier molecular flexibility index (Phi) is 10.3. The molecule has 1 aromatic rings.